The van der Waals surface area contributed by atoms with E-state index in [-0.39, 0.29) is 0 Å². The number of rotatable bonds is 7. The van der Waals surface area contributed by atoms with Gasteiger partial charge in [0.25, 0.3) is 0 Å². The van der Waals surface area contributed by atoms with Gasteiger partial charge in [0.1, 0.15) is 5.82 Å². The summed E-state index contributed by atoms with van der Waals surface area (Å²) in [5.41, 5.74) is 0. The lowest BCUT2D eigenvalue weighted by Crippen LogP contribution is -2.34. The van der Waals surface area contributed by atoms with Crippen LogP contribution in [0.15, 0.2) is 5.16 Å². The van der Waals surface area contributed by atoms with Crippen molar-refractivity contribution in [2.24, 2.45) is 5.92 Å². The fourth-order valence-corrected chi connectivity index (χ4v) is 4.09. The normalized spacial score (nSPS) is 20.4. The van der Waals surface area contributed by atoms with Crippen molar-refractivity contribution in [2.45, 2.75) is 69.6 Å². The first-order valence-electron chi connectivity index (χ1n) is 8.16. The van der Waals surface area contributed by atoms with Gasteiger partial charge in [-0.1, -0.05) is 25.1 Å². The van der Waals surface area contributed by atoms with Crippen LogP contribution in [0.5, 0.6) is 0 Å². The Labute approximate surface area is 126 Å². The smallest absolute Gasteiger partial charge is 0.191 e. The number of hydrogen-bond acceptors (Lipinski definition) is 4. The molecule has 1 aliphatic heterocycles. The number of thioether (sulfide) groups is 1. The summed E-state index contributed by atoms with van der Waals surface area (Å²) in [7, 11) is 0. The Morgan fingerprint density at radius 1 is 1.30 bits per heavy atom. The lowest BCUT2D eigenvalue weighted by Gasteiger charge is -2.17. The molecular weight excluding hydrogens is 268 g/mol. The van der Waals surface area contributed by atoms with Crippen LogP contribution in [-0.4, -0.2) is 33.1 Å². The predicted octanol–water partition coefficient (Wildman–Crippen LogP) is 2.87. The molecule has 1 unspecified atom stereocenters. The van der Waals surface area contributed by atoms with Crippen molar-refractivity contribution in [3.63, 3.8) is 0 Å². The number of fused-ring (bicyclic) bond motifs is 1. The maximum Gasteiger partial charge on any atom is 0.191 e. The molecule has 0 aromatic carbocycles. The standard InChI is InChI=1S/C15H26N4S/c1-2-9-16-13(12-7-8-12)11-20-15-18-17-14-6-4-3-5-10-19(14)15/h12-13,16H,2-11H2,1H3. The van der Waals surface area contributed by atoms with Crippen molar-refractivity contribution in [3.8, 4) is 0 Å². The molecule has 1 atom stereocenters. The molecular formula is C15H26N4S. The minimum atomic E-state index is 0.665. The molecule has 1 saturated carbocycles. The molecule has 0 bridgehead atoms. The third-order valence-electron chi connectivity index (χ3n) is 4.32. The maximum absolute atomic E-state index is 4.42. The summed E-state index contributed by atoms with van der Waals surface area (Å²) in [5, 5.41) is 13.7. The van der Waals surface area contributed by atoms with Gasteiger partial charge < -0.3 is 9.88 Å². The molecule has 0 radical (unpaired) electrons. The van der Waals surface area contributed by atoms with Gasteiger partial charge in [-0.2, -0.15) is 0 Å². The van der Waals surface area contributed by atoms with Crippen molar-refractivity contribution in [1.82, 2.24) is 20.1 Å². The Hall–Kier alpha value is -0.550. The SMILES string of the molecule is CCCNC(CSc1nnc2n1CCCCC2)C1CC1. The molecule has 0 spiro atoms. The van der Waals surface area contributed by atoms with Crippen LogP contribution in [0.3, 0.4) is 0 Å². The van der Waals surface area contributed by atoms with Crippen LogP contribution < -0.4 is 5.32 Å². The molecule has 1 fully saturated rings. The highest BCUT2D eigenvalue weighted by Gasteiger charge is 2.31. The molecule has 2 aliphatic rings. The van der Waals surface area contributed by atoms with Gasteiger partial charge in [0.05, 0.1) is 0 Å². The van der Waals surface area contributed by atoms with E-state index < -0.39 is 0 Å². The molecule has 20 heavy (non-hydrogen) atoms. The predicted molar refractivity (Wildman–Crippen MR) is 83.1 cm³/mol. The molecule has 0 saturated heterocycles. The van der Waals surface area contributed by atoms with Gasteiger partial charge in [-0.3, -0.25) is 0 Å². The highest BCUT2D eigenvalue weighted by atomic mass is 32.2. The molecule has 0 amide bonds. The first-order valence-corrected chi connectivity index (χ1v) is 9.15. The lowest BCUT2D eigenvalue weighted by molar-refractivity contribution is 0.502. The van der Waals surface area contributed by atoms with Gasteiger partial charge in [0, 0.05) is 24.8 Å². The maximum atomic E-state index is 4.42. The molecule has 1 aromatic heterocycles. The third-order valence-corrected chi connectivity index (χ3v) is 5.40. The van der Waals surface area contributed by atoms with Gasteiger partial charge in [0.2, 0.25) is 0 Å². The van der Waals surface area contributed by atoms with Crippen molar-refractivity contribution >= 4 is 11.8 Å². The first-order chi connectivity index (χ1) is 9.88. The molecule has 1 aromatic rings. The van der Waals surface area contributed by atoms with Crippen LogP contribution in [-0.2, 0) is 13.0 Å². The van der Waals surface area contributed by atoms with E-state index >= 15 is 0 Å². The first kappa shape index (κ1) is 14.4. The van der Waals surface area contributed by atoms with E-state index in [4.69, 9.17) is 0 Å². The second-order valence-corrected chi connectivity index (χ2v) is 7.06. The van der Waals surface area contributed by atoms with Gasteiger partial charge in [-0.15, -0.1) is 10.2 Å². The third kappa shape index (κ3) is 3.55. The van der Waals surface area contributed by atoms with E-state index in [1.165, 1.54) is 44.3 Å². The molecule has 4 nitrogen and oxygen atoms in total. The van der Waals surface area contributed by atoms with E-state index in [0.717, 1.165) is 36.3 Å². The summed E-state index contributed by atoms with van der Waals surface area (Å²) in [5.74, 6) is 3.25. The van der Waals surface area contributed by atoms with E-state index in [2.05, 4.69) is 27.0 Å². The number of nitrogens with one attached hydrogen (secondary N) is 1. The lowest BCUT2D eigenvalue weighted by atomic mass is 10.2. The van der Waals surface area contributed by atoms with Gasteiger partial charge in [0.15, 0.2) is 5.16 Å². The van der Waals surface area contributed by atoms with Crippen LogP contribution in [0, 0.1) is 5.92 Å². The van der Waals surface area contributed by atoms with Crippen molar-refractivity contribution in [3.05, 3.63) is 5.82 Å². The van der Waals surface area contributed by atoms with E-state index in [1.54, 1.807) is 0 Å². The minimum Gasteiger partial charge on any atom is -0.313 e. The number of nitrogens with zero attached hydrogens (tertiary/aromatic N) is 3. The summed E-state index contributed by atoms with van der Waals surface area (Å²) < 4.78 is 2.36. The van der Waals surface area contributed by atoms with E-state index in [9.17, 15) is 0 Å². The van der Waals surface area contributed by atoms with Crippen molar-refractivity contribution in [2.75, 3.05) is 12.3 Å². The molecule has 112 valence electrons. The molecule has 2 heterocycles. The molecule has 3 rings (SSSR count). The van der Waals surface area contributed by atoms with E-state index in [0.29, 0.717) is 6.04 Å². The summed E-state index contributed by atoms with van der Waals surface area (Å²) in [6, 6.07) is 0.665. The van der Waals surface area contributed by atoms with Crippen molar-refractivity contribution in [1.29, 1.82) is 0 Å². The topological polar surface area (TPSA) is 42.7 Å². The van der Waals surface area contributed by atoms with Crippen LogP contribution in [0.2, 0.25) is 0 Å². The van der Waals surface area contributed by atoms with Gasteiger partial charge >= 0.3 is 0 Å². The number of hydrogen-bond donors (Lipinski definition) is 1. The summed E-state index contributed by atoms with van der Waals surface area (Å²) in [6.45, 7) is 4.49. The van der Waals surface area contributed by atoms with Crippen LogP contribution in [0.25, 0.3) is 0 Å². The summed E-state index contributed by atoms with van der Waals surface area (Å²) >= 11 is 1.90. The Morgan fingerprint density at radius 2 is 2.20 bits per heavy atom. The molecule has 1 aliphatic carbocycles. The van der Waals surface area contributed by atoms with Gasteiger partial charge in [-0.05, 0) is 44.6 Å². The average molecular weight is 294 g/mol. The number of aromatic nitrogens is 3. The van der Waals surface area contributed by atoms with Crippen LogP contribution in [0.1, 0.15) is 51.3 Å². The van der Waals surface area contributed by atoms with Gasteiger partial charge in [-0.25, -0.2) is 0 Å². The zero-order chi connectivity index (χ0) is 13.8. The fraction of sp³-hybridized carbons (Fsp3) is 0.867. The zero-order valence-corrected chi connectivity index (χ0v) is 13.3. The zero-order valence-electron chi connectivity index (χ0n) is 12.5. The second-order valence-electron chi connectivity index (χ2n) is 6.07. The summed E-state index contributed by atoms with van der Waals surface area (Å²) in [6.07, 6.45) is 9.00. The molecule has 1 N–H and O–H groups in total. The minimum absolute atomic E-state index is 0.665. The Bertz CT molecular complexity index is 428. The second kappa shape index (κ2) is 6.94. The Balaban J connectivity index is 1.58. The van der Waals surface area contributed by atoms with Crippen molar-refractivity contribution < 1.29 is 0 Å². The van der Waals surface area contributed by atoms with E-state index in [1.807, 2.05) is 11.8 Å². The Kier molecular flexibility index (Phi) is 4.99. The fourth-order valence-electron chi connectivity index (χ4n) is 2.92. The highest BCUT2D eigenvalue weighted by molar-refractivity contribution is 7.99. The van der Waals surface area contributed by atoms with Crippen LogP contribution in [0.4, 0.5) is 0 Å². The summed E-state index contributed by atoms with van der Waals surface area (Å²) in [4.78, 5) is 0. The molecule has 5 heteroatoms. The quantitative estimate of drug-likeness (QED) is 0.785. The Morgan fingerprint density at radius 3 is 3.00 bits per heavy atom. The largest absolute Gasteiger partial charge is 0.313 e. The number of aryl methyl sites for hydroxylation is 1. The highest BCUT2D eigenvalue weighted by Crippen LogP contribution is 2.35. The monoisotopic (exact) mass is 294 g/mol. The average Bonchev–Trinajstić information content (AvgIpc) is 3.26. The van der Waals surface area contributed by atoms with Crippen LogP contribution >= 0.6 is 11.8 Å².